The van der Waals surface area contributed by atoms with Gasteiger partial charge >= 0.3 is 6.03 Å². The zero-order valence-electron chi connectivity index (χ0n) is 17.8. The highest BCUT2D eigenvalue weighted by Crippen LogP contribution is 2.36. The SMILES string of the molecule is COc1ccc(C2(C)NC(=O)N(CC(=O)N3CC(=O)Nc4ccccc43)C2=O)cc1OC. The van der Waals surface area contributed by atoms with Gasteiger partial charge in [-0.1, -0.05) is 18.2 Å². The number of benzene rings is 2. The van der Waals surface area contributed by atoms with Crippen molar-refractivity contribution in [2.24, 2.45) is 0 Å². The molecule has 0 saturated carbocycles. The van der Waals surface area contributed by atoms with Gasteiger partial charge in [0.1, 0.15) is 18.6 Å². The number of nitrogens with zero attached hydrogens (tertiary/aromatic N) is 2. The number of fused-ring (bicyclic) bond motifs is 1. The third-order valence-electron chi connectivity index (χ3n) is 5.60. The largest absolute Gasteiger partial charge is 0.493 e. The zero-order valence-corrected chi connectivity index (χ0v) is 17.8. The highest BCUT2D eigenvalue weighted by atomic mass is 16.5. The predicted molar refractivity (Wildman–Crippen MR) is 115 cm³/mol. The fraction of sp³-hybridized carbons (Fsp3) is 0.273. The van der Waals surface area contributed by atoms with Crippen molar-refractivity contribution in [3.8, 4) is 11.5 Å². The molecule has 2 aromatic rings. The van der Waals surface area contributed by atoms with E-state index in [1.54, 1.807) is 49.4 Å². The van der Waals surface area contributed by atoms with Crippen molar-refractivity contribution in [3.63, 3.8) is 0 Å². The van der Waals surface area contributed by atoms with Crippen LogP contribution in [0.4, 0.5) is 16.2 Å². The van der Waals surface area contributed by atoms with Gasteiger partial charge in [-0.3, -0.25) is 24.2 Å². The first-order chi connectivity index (χ1) is 15.3. The fourth-order valence-electron chi connectivity index (χ4n) is 3.86. The quantitative estimate of drug-likeness (QED) is 0.683. The third kappa shape index (κ3) is 3.39. The Bertz CT molecular complexity index is 1130. The Labute approximate surface area is 184 Å². The summed E-state index contributed by atoms with van der Waals surface area (Å²) in [5.41, 5.74) is 0.0797. The average molecular weight is 438 g/mol. The van der Waals surface area contributed by atoms with Crippen LogP contribution in [0, 0.1) is 0 Å². The van der Waals surface area contributed by atoms with Crippen molar-refractivity contribution >= 4 is 35.1 Å². The van der Waals surface area contributed by atoms with Crippen LogP contribution < -0.4 is 25.0 Å². The average Bonchev–Trinajstić information content (AvgIpc) is 3.01. The van der Waals surface area contributed by atoms with Crippen molar-refractivity contribution in [2.45, 2.75) is 12.5 Å². The lowest BCUT2D eigenvalue weighted by atomic mass is 9.91. The number of carbonyl (C=O) groups excluding carboxylic acids is 4. The molecule has 10 nitrogen and oxygen atoms in total. The number of rotatable bonds is 5. The number of para-hydroxylation sites is 2. The first kappa shape index (κ1) is 21.2. The van der Waals surface area contributed by atoms with Crippen LogP contribution >= 0.6 is 0 Å². The third-order valence-corrected chi connectivity index (χ3v) is 5.60. The maximum absolute atomic E-state index is 13.2. The van der Waals surface area contributed by atoms with E-state index in [0.717, 1.165) is 4.90 Å². The molecule has 1 unspecified atom stereocenters. The number of ether oxygens (including phenoxy) is 2. The molecule has 1 saturated heterocycles. The van der Waals surface area contributed by atoms with E-state index in [4.69, 9.17) is 9.47 Å². The van der Waals surface area contributed by atoms with Crippen LogP contribution in [0.25, 0.3) is 0 Å². The van der Waals surface area contributed by atoms with Gasteiger partial charge in [0.05, 0.1) is 25.6 Å². The maximum Gasteiger partial charge on any atom is 0.325 e. The molecular formula is C22H22N4O6. The van der Waals surface area contributed by atoms with Crippen molar-refractivity contribution in [1.82, 2.24) is 10.2 Å². The van der Waals surface area contributed by atoms with E-state index in [9.17, 15) is 19.2 Å². The summed E-state index contributed by atoms with van der Waals surface area (Å²) in [5, 5.41) is 5.36. The molecule has 0 radical (unpaired) electrons. The highest BCUT2D eigenvalue weighted by molar-refractivity contribution is 6.14. The summed E-state index contributed by atoms with van der Waals surface area (Å²) in [6, 6.07) is 11.0. The van der Waals surface area contributed by atoms with E-state index in [0.29, 0.717) is 28.4 Å². The van der Waals surface area contributed by atoms with Crippen LogP contribution in [-0.4, -0.2) is 56.0 Å². The molecule has 0 bridgehead atoms. The number of hydrogen-bond donors (Lipinski definition) is 2. The first-order valence-electron chi connectivity index (χ1n) is 9.84. The van der Waals surface area contributed by atoms with E-state index < -0.39 is 29.9 Å². The Morgan fingerprint density at radius 2 is 1.78 bits per heavy atom. The lowest BCUT2D eigenvalue weighted by molar-refractivity contribution is -0.134. The smallest absolute Gasteiger partial charge is 0.325 e. The van der Waals surface area contributed by atoms with E-state index in [2.05, 4.69) is 10.6 Å². The zero-order chi connectivity index (χ0) is 23.0. The van der Waals surface area contributed by atoms with Crippen molar-refractivity contribution in [3.05, 3.63) is 48.0 Å². The molecule has 32 heavy (non-hydrogen) atoms. The summed E-state index contributed by atoms with van der Waals surface area (Å²) in [5.74, 6) is -0.612. The fourth-order valence-corrected chi connectivity index (χ4v) is 3.86. The van der Waals surface area contributed by atoms with Crippen molar-refractivity contribution in [2.75, 3.05) is 37.5 Å². The van der Waals surface area contributed by atoms with E-state index >= 15 is 0 Å². The van der Waals surface area contributed by atoms with Gasteiger partial charge < -0.3 is 20.1 Å². The minimum atomic E-state index is -1.39. The normalized spacial score (nSPS) is 19.9. The first-order valence-corrected chi connectivity index (χ1v) is 9.84. The molecule has 0 aromatic heterocycles. The molecule has 5 amide bonds. The van der Waals surface area contributed by atoms with Crippen LogP contribution in [0.3, 0.4) is 0 Å². The Morgan fingerprint density at radius 1 is 1.06 bits per heavy atom. The molecule has 0 aliphatic carbocycles. The summed E-state index contributed by atoms with van der Waals surface area (Å²) >= 11 is 0. The second kappa shape index (κ2) is 7.88. The van der Waals surface area contributed by atoms with Crippen LogP contribution in [0.15, 0.2) is 42.5 Å². The standard InChI is InChI=1S/C22H22N4O6/c1-22(13-8-9-16(31-2)17(10-13)32-3)20(29)26(21(30)24-22)12-19(28)25-11-18(27)23-14-6-4-5-7-15(14)25/h4-10H,11-12H2,1-3H3,(H,23,27)(H,24,30). The van der Waals surface area contributed by atoms with Gasteiger partial charge in [-0.2, -0.15) is 0 Å². The Morgan fingerprint density at radius 3 is 2.50 bits per heavy atom. The number of methoxy groups -OCH3 is 2. The van der Waals surface area contributed by atoms with E-state index in [-0.39, 0.29) is 12.5 Å². The van der Waals surface area contributed by atoms with Gasteiger partial charge in [-0.25, -0.2) is 4.79 Å². The molecule has 2 aliphatic heterocycles. The number of anilines is 2. The molecule has 1 fully saturated rings. The lowest BCUT2D eigenvalue weighted by Gasteiger charge is -2.30. The second-order valence-electron chi connectivity index (χ2n) is 7.56. The van der Waals surface area contributed by atoms with Crippen LogP contribution in [0.5, 0.6) is 11.5 Å². The van der Waals surface area contributed by atoms with Crippen LogP contribution in [-0.2, 0) is 19.9 Å². The summed E-state index contributed by atoms with van der Waals surface area (Å²) in [6.45, 7) is 0.851. The summed E-state index contributed by atoms with van der Waals surface area (Å²) in [6.07, 6.45) is 0. The molecular weight excluding hydrogens is 416 g/mol. The number of carbonyl (C=O) groups is 4. The lowest BCUT2D eigenvalue weighted by Crippen LogP contribution is -2.48. The van der Waals surface area contributed by atoms with Gasteiger partial charge in [-0.05, 0) is 36.8 Å². The molecule has 2 heterocycles. The van der Waals surface area contributed by atoms with Crippen molar-refractivity contribution < 1.29 is 28.7 Å². The molecule has 166 valence electrons. The second-order valence-corrected chi connectivity index (χ2v) is 7.56. The van der Waals surface area contributed by atoms with Gasteiger partial charge in [0, 0.05) is 0 Å². The molecule has 2 aromatic carbocycles. The topological polar surface area (TPSA) is 117 Å². The molecule has 1 atom stereocenters. The minimum absolute atomic E-state index is 0.202. The minimum Gasteiger partial charge on any atom is -0.493 e. The highest BCUT2D eigenvalue weighted by Gasteiger charge is 2.50. The van der Waals surface area contributed by atoms with Crippen molar-refractivity contribution in [1.29, 1.82) is 0 Å². The molecule has 10 heteroatoms. The number of hydrogen-bond acceptors (Lipinski definition) is 6. The van der Waals surface area contributed by atoms with Gasteiger partial charge in [0.25, 0.3) is 5.91 Å². The van der Waals surface area contributed by atoms with E-state index in [1.165, 1.54) is 19.1 Å². The molecule has 4 rings (SSSR count). The van der Waals surface area contributed by atoms with Crippen LogP contribution in [0.2, 0.25) is 0 Å². The maximum atomic E-state index is 13.2. The Hall–Kier alpha value is -4.08. The van der Waals surface area contributed by atoms with Gasteiger partial charge in [0.15, 0.2) is 11.5 Å². The summed E-state index contributed by atoms with van der Waals surface area (Å²) in [4.78, 5) is 53.1. The Kier molecular flexibility index (Phi) is 5.21. The van der Waals surface area contributed by atoms with E-state index in [1.807, 2.05) is 0 Å². The molecule has 0 spiro atoms. The summed E-state index contributed by atoms with van der Waals surface area (Å²) in [7, 11) is 2.96. The Balaban J connectivity index is 1.59. The number of amides is 5. The van der Waals surface area contributed by atoms with Crippen LogP contribution in [0.1, 0.15) is 12.5 Å². The summed E-state index contributed by atoms with van der Waals surface area (Å²) < 4.78 is 10.5. The monoisotopic (exact) mass is 438 g/mol. The number of nitrogens with one attached hydrogen (secondary N) is 2. The molecule has 2 aliphatic rings. The molecule has 2 N–H and O–H groups in total. The van der Waals surface area contributed by atoms with Gasteiger partial charge in [-0.15, -0.1) is 0 Å². The predicted octanol–water partition coefficient (Wildman–Crippen LogP) is 1.46. The van der Waals surface area contributed by atoms with Gasteiger partial charge in [0.2, 0.25) is 11.8 Å². The number of urea groups is 1. The number of imide groups is 1.